The Balaban J connectivity index is 4.70. The summed E-state index contributed by atoms with van der Waals surface area (Å²) in [7, 11) is 0. The fraction of sp³-hybridized carbons (Fsp3) is 0.733. The molecule has 4 amide bonds. The summed E-state index contributed by atoms with van der Waals surface area (Å²) in [5, 5.41) is 29.2. The lowest BCUT2D eigenvalue weighted by atomic mass is 9.91. The topological polar surface area (TPSA) is 329 Å². The molecule has 0 heterocycles. The van der Waals surface area contributed by atoms with Gasteiger partial charge in [-0.05, 0) is 77.3 Å². The van der Waals surface area contributed by atoms with Crippen molar-refractivity contribution in [2.75, 3.05) is 39.3 Å². The quantitative estimate of drug-likeness (QED) is 0.0282. The second kappa shape index (κ2) is 26.0. The van der Waals surface area contributed by atoms with Crippen molar-refractivity contribution in [3.63, 3.8) is 0 Å². The van der Waals surface area contributed by atoms with Crippen LogP contribution >= 0.6 is 0 Å². The smallest absolute Gasteiger partial charge is 0.314 e. The van der Waals surface area contributed by atoms with Crippen LogP contribution in [-0.4, -0.2) is 109 Å². The Labute approximate surface area is 280 Å². The standard InChI is InChI=1S/C30H54N8O10/c31-13-5-3-7-21(37-25(41)17-33)27(43)19(29(45)46)11-15-35-23(39)9-1-2-10-24(40)36-16-12-20(30(47)48)28(44)22(8-4-6-14-32)38-26(42)18-34/h19-22H,1-18,31-34H2,(H,35,39)(H,36,40)(H,37,41)(H,38,42)(H,45,46)(H,47,48)/t19?,20?,21-,22-/m0/s1. The largest absolute Gasteiger partial charge is 0.481 e. The second-order valence-electron chi connectivity index (χ2n) is 11.3. The summed E-state index contributed by atoms with van der Waals surface area (Å²) in [4.78, 5) is 97.4. The van der Waals surface area contributed by atoms with E-state index in [1.807, 2.05) is 0 Å². The maximum absolute atomic E-state index is 12.9. The van der Waals surface area contributed by atoms with E-state index < -0.39 is 71.1 Å². The van der Waals surface area contributed by atoms with Gasteiger partial charge in [-0.2, -0.15) is 0 Å². The minimum atomic E-state index is -1.46. The number of carbonyl (C=O) groups is 8. The third-order valence-electron chi connectivity index (χ3n) is 7.47. The SMILES string of the molecule is NCCCC[C@H](NC(=O)CN)C(=O)C(CCNC(=O)CCCCC(=O)NCCC(C(=O)O)C(=O)[C@H](CCCCN)NC(=O)CN)C(=O)O. The van der Waals surface area contributed by atoms with Gasteiger partial charge >= 0.3 is 11.9 Å². The van der Waals surface area contributed by atoms with Crippen molar-refractivity contribution in [3.05, 3.63) is 0 Å². The van der Waals surface area contributed by atoms with Crippen molar-refractivity contribution in [2.45, 2.75) is 89.1 Å². The fourth-order valence-electron chi connectivity index (χ4n) is 4.78. The number of Topliss-reactive ketones (excluding diaryl/α,β-unsaturated/α-hetero) is 2. The molecular formula is C30H54N8O10. The summed E-state index contributed by atoms with van der Waals surface area (Å²) in [6.45, 7) is -0.189. The first-order chi connectivity index (χ1) is 22.8. The van der Waals surface area contributed by atoms with Crippen molar-refractivity contribution in [1.82, 2.24) is 21.3 Å². The highest BCUT2D eigenvalue weighted by Gasteiger charge is 2.34. The summed E-state index contributed by atoms with van der Waals surface area (Å²) in [5.41, 5.74) is 21.6. The molecule has 18 heteroatoms. The average Bonchev–Trinajstić information content (AvgIpc) is 3.05. The molecular weight excluding hydrogens is 632 g/mol. The van der Waals surface area contributed by atoms with Crippen LogP contribution in [0.3, 0.4) is 0 Å². The van der Waals surface area contributed by atoms with Crippen molar-refractivity contribution >= 4 is 47.1 Å². The molecule has 0 aliphatic heterocycles. The maximum Gasteiger partial charge on any atom is 0.314 e. The first kappa shape index (κ1) is 44.0. The van der Waals surface area contributed by atoms with Crippen molar-refractivity contribution in [2.24, 2.45) is 34.8 Å². The predicted molar refractivity (Wildman–Crippen MR) is 174 cm³/mol. The zero-order valence-electron chi connectivity index (χ0n) is 27.5. The maximum atomic E-state index is 12.9. The van der Waals surface area contributed by atoms with Crippen LogP contribution in [0, 0.1) is 11.8 Å². The highest BCUT2D eigenvalue weighted by atomic mass is 16.4. The number of aliphatic carboxylic acids is 2. The van der Waals surface area contributed by atoms with Crippen LogP contribution in [0.2, 0.25) is 0 Å². The molecule has 14 N–H and O–H groups in total. The first-order valence-corrected chi connectivity index (χ1v) is 16.3. The zero-order chi connectivity index (χ0) is 36.5. The van der Waals surface area contributed by atoms with Crippen molar-refractivity contribution < 1.29 is 48.6 Å². The van der Waals surface area contributed by atoms with Crippen LogP contribution in [0.25, 0.3) is 0 Å². The molecule has 48 heavy (non-hydrogen) atoms. The summed E-state index contributed by atoms with van der Waals surface area (Å²) < 4.78 is 0. The van der Waals surface area contributed by atoms with Gasteiger partial charge in [-0.1, -0.05) is 0 Å². The van der Waals surface area contributed by atoms with Gasteiger partial charge in [-0.15, -0.1) is 0 Å². The van der Waals surface area contributed by atoms with Crippen LogP contribution in [0.4, 0.5) is 0 Å². The monoisotopic (exact) mass is 686 g/mol. The van der Waals surface area contributed by atoms with E-state index in [-0.39, 0.29) is 64.7 Å². The van der Waals surface area contributed by atoms with Crippen LogP contribution in [-0.2, 0) is 38.4 Å². The highest BCUT2D eigenvalue weighted by molar-refractivity contribution is 6.03. The number of hydrogen-bond acceptors (Lipinski definition) is 12. The zero-order valence-corrected chi connectivity index (χ0v) is 27.5. The van der Waals surface area contributed by atoms with Crippen molar-refractivity contribution in [1.29, 1.82) is 0 Å². The molecule has 18 nitrogen and oxygen atoms in total. The van der Waals surface area contributed by atoms with Crippen molar-refractivity contribution in [3.8, 4) is 0 Å². The van der Waals surface area contributed by atoms with E-state index in [2.05, 4.69) is 21.3 Å². The third-order valence-corrected chi connectivity index (χ3v) is 7.47. The van der Waals surface area contributed by atoms with Crippen LogP contribution < -0.4 is 44.2 Å². The molecule has 274 valence electrons. The van der Waals surface area contributed by atoms with E-state index in [9.17, 15) is 48.6 Å². The number of hydrogen-bond donors (Lipinski definition) is 10. The van der Waals surface area contributed by atoms with Gasteiger partial charge in [0, 0.05) is 25.9 Å². The molecule has 0 radical (unpaired) electrons. The molecule has 0 aliphatic rings. The Bertz CT molecular complexity index is 992. The molecule has 0 aromatic carbocycles. The summed E-state index contributed by atoms with van der Waals surface area (Å²) in [6.07, 6.45) is 2.87. The molecule has 0 aromatic rings. The number of carbonyl (C=O) groups excluding carboxylic acids is 6. The molecule has 0 saturated carbocycles. The normalized spacial score (nSPS) is 13.3. The lowest BCUT2D eigenvalue weighted by Crippen LogP contribution is -2.47. The lowest BCUT2D eigenvalue weighted by molar-refractivity contribution is -0.149. The van der Waals surface area contributed by atoms with Gasteiger partial charge in [-0.25, -0.2) is 0 Å². The van der Waals surface area contributed by atoms with E-state index in [0.29, 0.717) is 51.6 Å². The molecule has 0 bridgehead atoms. The van der Waals surface area contributed by atoms with E-state index in [1.165, 1.54) is 0 Å². The lowest BCUT2D eigenvalue weighted by Gasteiger charge is -2.21. The first-order valence-electron chi connectivity index (χ1n) is 16.3. The number of rotatable bonds is 29. The number of carboxylic acids is 2. The second-order valence-corrected chi connectivity index (χ2v) is 11.3. The van der Waals surface area contributed by atoms with Gasteiger partial charge in [0.05, 0.1) is 25.2 Å². The molecule has 0 fully saturated rings. The van der Waals surface area contributed by atoms with Gasteiger partial charge in [0.15, 0.2) is 11.6 Å². The number of carboxylic acid groups (broad SMARTS) is 2. The molecule has 0 aliphatic carbocycles. The van der Waals surface area contributed by atoms with Gasteiger partial charge in [0.1, 0.15) is 11.8 Å². The molecule has 0 saturated heterocycles. The van der Waals surface area contributed by atoms with Gasteiger partial charge in [0.2, 0.25) is 23.6 Å². The van der Waals surface area contributed by atoms with Gasteiger partial charge < -0.3 is 54.4 Å². The van der Waals surface area contributed by atoms with E-state index in [0.717, 1.165) is 0 Å². The average molecular weight is 687 g/mol. The Kier molecular flexibility index (Phi) is 23.8. The molecule has 0 aromatic heterocycles. The Morgan fingerprint density at radius 3 is 1.12 bits per heavy atom. The molecule has 0 rings (SSSR count). The minimum Gasteiger partial charge on any atom is -0.481 e. The molecule has 0 spiro atoms. The number of ketones is 2. The Hall–Kier alpha value is -4.00. The number of nitrogens with two attached hydrogens (primary N) is 4. The van der Waals surface area contributed by atoms with Gasteiger partial charge in [-0.3, -0.25) is 38.4 Å². The molecule has 2 unspecified atom stereocenters. The number of nitrogens with one attached hydrogen (secondary N) is 4. The highest BCUT2D eigenvalue weighted by Crippen LogP contribution is 2.14. The third kappa shape index (κ3) is 19.0. The molecule has 4 atom stereocenters. The van der Waals surface area contributed by atoms with Crippen LogP contribution in [0.1, 0.15) is 77.0 Å². The van der Waals surface area contributed by atoms with E-state index in [4.69, 9.17) is 22.9 Å². The number of amides is 4. The summed E-state index contributed by atoms with van der Waals surface area (Å²) in [5.74, 6) is -9.09. The minimum absolute atomic E-state index is 0.0306. The van der Waals surface area contributed by atoms with E-state index in [1.54, 1.807) is 0 Å². The van der Waals surface area contributed by atoms with E-state index >= 15 is 0 Å². The summed E-state index contributed by atoms with van der Waals surface area (Å²) in [6, 6.07) is -2.09. The number of unbranched alkanes of at least 4 members (excludes halogenated alkanes) is 3. The predicted octanol–water partition coefficient (Wildman–Crippen LogP) is -2.76. The van der Waals surface area contributed by atoms with Crippen LogP contribution in [0.15, 0.2) is 0 Å². The van der Waals surface area contributed by atoms with Gasteiger partial charge in [0.25, 0.3) is 0 Å². The fourth-order valence-corrected chi connectivity index (χ4v) is 4.78. The van der Waals surface area contributed by atoms with Crippen LogP contribution in [0.5, 0.6) is 0 Å². The Morgan fingerprint density at radius 2 is 0.833 bits per heavy atom. The summed E-state index contributed by atoms with van der Waals surface area (Å²) >= 11 is 0. The Morgan fingerprint density at radius 1 is 0.479 bits per heavy atom.